The highest BCUT2D eigenvalue weighted by molar-refractivity contribution is 7.17. The molecule has 0 aliphatic rings. The van der Waals surface area contributed by atoms with Gasteiger partial charge in [0, 0.05) is 5.56 Å². The Kier molecular flexibility index (Phi) is 1.11. The van der Waals surface area contributed by atoms with E-state index < -0.39 is 0 Å². The third kappa shape index (κ3) is 0.625. The minimum Gasteiger partial charge on any atom is -0.460 e. The number of aryl methyl sites for hydroxylation is 2. The van der Waals surface area contributed by atoms with Gasteiger partial charge in [0.15, 0.2) is 0 Å². The van der Waals surface area contributed by atoms with E-state index in [0.29, 0.717) is 0 Å². The summed E-state index contributed by atoms with van der Waals surface area (Å²) in [5, 5.41) is 2.06. The molecule has 0 bridgehead atoms. The number of thiophene rings is 1. The molecular weight excluding hydrogens is 144 g/mol. The summed E-state index contributed by atoms with van der Waals surface area (Å²) in [5.74, 6) is 1.04. The molecule has 0 aromatic carbocycles. The van der Waals surface area contributed by atoms with Gasteiger partial charge in [-0.2, -0.15) is 0 Å². The van der Waals surface area contributed by atoms with Crippen LogP contribution in [0.2, 0.25) is 0 Å². The Bertz CT molecular complexity index is 356. The summed E-state index contributed by atoms with van der Waals surface area (Å²) >= 11 is 1.74. The Morgan fingerprint density at radius 3 is 2.90 bits per heavy atom. The van der Waals surface area contributed by atoms with Gasteiger partial charge in [0.25, 0.3) is 0 Å². The highest BCUT2D eigenvalue weighted by Crippen LogP contribution is 2.28. The van der Waals surface area contributed by atoms with Gasteiger partial charge in [0.1, 0.15) is 11.3 Å². The lowest BCUT2D eigenvalue weighted by Gasteiger charge is -1.81. The number of hydrogen-bond donors (Lipinski definition) is 0. The number of hydrogen-bond acceptors (Lipinski definition) is 2. The first-order chi connectivity index (χ1) is 4.79. The van der Waals surface area contributed by atoms with E-state index >= 15 is 0 Å². The highest BCUT2D eigenvalue weighted by Gasteiger charge is 2.05. The SMILES string of the molecule is Cc1oc2ccsc2c1C. The van der Waals surface area contributed by atoms with Crippen molar-refractivity contribution in [2.75, 3.05) is 0 Å². The van der Waals surface area contributed by atoms with Crippen LogP contribution < -0.4 is 0 Å². The first kappa shape index (κ1) is 5.98. The monoisotopic (exact) mass is 152 g/mol. The van der Waals surface area contributed by atoms with Crippen molar-refractivity contribution in [1.82, 2.24) is 0 Å². The van der Waals surface area contributed by atoms with Crippen molar-refractivity contribution in [3.63, 3.8) is 0 Å². The van der Waals surface area contributed by atoms with Gasteiger partial charge in [-0.05, 0) is 25.3 Å². The molecule has 0 aliphatic carbocycles. The fourth-order valence-corrected chi connectivity index (χ4v) is 1.93. The molecular formula is C8H8OS. The van der Waals surface area contributed by atoms with Gasteiger partial charge in [-0.25, -0.2) is 0 Å². The Balaban J connectivity index is 2.95. The van der Waals surface area contributed by atoms with Crippen LogP contribution in [0.25, 0.3) is 10.3 Å². The zero-order valence-electron chi connectivity index (χ0n) is 5.97. The number of furan rings is 1. The Labute approximate surface area is 63.3 Å². The second-order valence-corrected chi connectivity index (χ2v) is 3.31. The van der Waals surface area contributed by atoms with Crippen molar-refractivity contribution < 1.29 is 4.42 Å². The molecule has 1 nitrogen and oxygen atoms in total. The molecule has 10 heavy (non-hydrogen) atoms. The Morgan fingerprint density at radius 1 is 1.40 bits per heavy atom. The van der Waals surface area contributed by atoms with Crippen molar-refractivity contribution in [1.29, 1.82) is 0 Å². The van der Waals surface area contributed by atoms with Crippen LogP contribution in [0.3, 0.4) is 0 Å². The fraction of sp³-hybridized carbons (Fsp3) is 0.250. The van der Waals surface area contributed by atoms with Crippen molar-refractivity contribution >= 4 is 21.6 Å². The van der Waals surface area contributed by atoms with Crippen LogP contribution in [0.4, 0.5) is 0 Å². The van der Waals surface area contributed by atoms with E-state index in [1.165, 1.54) is 10.3 Å². The normalized spacial score (nSPS) is 11.0. The summed E-state index contributed by atoms with van der Waals surface area (Å²) in [6, 6.07) is 2.01. The van der Waals surface area contributed by atoms with Crippen molar-refractivity contribution in [2.24, 2.45) is 0 Å². The van der Waals surface area contributed by atoms with E-state index in [1.54, 1.807) is 11.3 Å². The smallest absolute Gasteiger partial charge is 0.145 e. The molecule has 52 valence electrons. The standard InChI is InChI=1S/C8H8OS/c1-5-6(2)9-7-3-4-10-8(5)7/h3-4H,1-2H3. The fourth-order valence-electron chi connectivity index (χ4n) is 1.05. The topological polar surface area (TPSA) is 13.1 Å². The average Bonchev–Trinajstić information content (AvgIpc) is 2.41. The van der Waals surface area contributed by atoms with Crippen molar-refractivity contribution in [3.8, 4) is 0 Å². The van der Waals surface area contributed by atoms with Gasteiger partial charge < -0.3 is 4.42 Å². The molecule has 0 aliphatic heterocycles. The molecule has 2 rings (SSSR count). The molecule has 0 saturated carbocycles. The van der Waals surface area contributed by atoms with E-state index in [9.17, 15) is 0 Å². The Morgan fingerprint density at radius 2 is 2.20 bits per heavy atom. The van der Waals surface area contributed by atoms with Crippen molar-refractivity contribution in [2.45, 2.75) is 13.8 Å². The molecule has 2 heteroatoms. The van der Waals surface area contributed by atoms with E-state index in [2.05, 4.69) is 12.3 Å². The van der Waals surface area contributed by atoms with Gasteiger partial charge in [-0.1, -0.05) is 0 Å². The molecule has 0 unspecified atom stereocenters. The zero-order chi connectivity index (χ0) is 7.14. The second kappa shape index (κ2) is 1.86. The third-order valence-electron chi connectivity index (χ3n) is 1.76. The molecule has 2 heterocycles. The van der Waals surface area contributed by atoms with Crippen LogP contribution in [0.15, 0.2) is 15.9 Å². The zero-order valence-corrected chi connectivity index (χ0v) is 6.79. The minimum absolute atomic E-state index is 1.03. The lowest BCUT2D eigenvalue weighted by atomic mass is 10.3. The lowest BCUT2D eigenvalue weighted by Crippen LogP contribution is -1.65. The summed E-state index contributed by atoms with van der Waals surface area (Å²) in [4.78, 5) is 0. The van der Waals surface area contributed by atoms with Gasteiger partial charge in [0.05, 0.1) is 4.70 Å². The van der Waals surface area contributed by atoms with Crippen LogP contribution >= 0.6 is 11.3 Å². The molecule has 0 saturated heterocycles. The van der Waals surface area contributed by atoms with Crippen LogP contribution in [0, 0.1) is 13.8 Å². The van der Waals surface area contributed by atoms with E-state index in [-0.39, 0.29) is 0 Å². The van der Waals surface area contributed by atoms with Gasteiger partial charge in [-0.15, -0.1) is 11.3 Å². The molecule has 0 fully saturated rings. The van der Waals surface area contributed by atoms with Crippen LogP contribution in [0.1, 0.15) is 11.3 Å². The lowest BCUT2D eigenvalue weighted by molar-refractivity contribution is 0.575. The summed E-state index contributed by atoms with van der Waals surface area (Å²) < 4.78 is 6.74. The molecule has 0 radical (unpaired) electrons. The van der Waals surface area contributed by atoms with Crippen LogP contribution in [0.5, 0.6) is 0 Å². The number of fused-ring (bicyclic) bond motifs is 1. The average molecular weight is 152 g/mol. The summed E-state index contributed by atoms with van der Waals surface area (Å²) in [7, 11) is 0. The molecule has 0 atom stereocenters. The molecule has 0 N–H and O–H groups in total. The molecule has 2 aromatic rings. The van der Waals surface area contributed by atoms with Crippen LogP contribution in [-0.2, 0) is 0 Å². The highest BCUT2D eigenvalue weighted by atomic mass is 32.1. The third-order valence-corrected chi connectivity index (χ3v) is 2.78. The molecule has 2 aromatic heterocycles. The van der Waals surface area contributed by atoms with Crippen LogP contribution in [-0.4, -0.2) is 0 Å². The van der Waals surface area contributed by atoms with Gasteiger partial charge >= 0.3 is 0 Å². The molecule has 0 amide bonds. The predicted octanol–water partition coefficient (Wildman–Crippen LogP) is 3.11. The second-order valence-electron chi connectivity index (χ2n) is 2.40. The first-order valence-corrected chi connectivity index (χ1v) is 4.10. The summed E-state index contributed by atoms with van der Waals surface area (Å²) in [6.07, 6.45) is 0. The Hall–Kier alpha value is -0.760. The summed E-state index contributed by atoms with van der Waals surface area (Å²) in [5.41, 5.74) is 2.31. The molecule has 0 spiro atoms. The van der Waals surface area contributed by atoms with E-state index in [0.717, 1.165) is 11.3 Å². The van der Waals surface area contributed by atoms with Gasteiger partial charge in [0.2, 0.25) is 0 Å². The largest absolute Gasteiger partial charge is 0.460 e. The van der Waals surface area contributed by atoms with E-state index in [4.69, 9.17) is 4.42 Å². The maximum Gasteiger partial charge on any atom is 0.145 e. The maximum absolute atomic E-state index is 5.45. The number of rotatable bonds is 0. The van der Waals surface area contributed by atoms with Gasteiger partial charge in [-0.3, -0.25) is 0 Å². The van der Waals surface area contributed by atoms with Crippen molar-refractivity contribution in [3.05, 3.63) is 22.8 Å². The van der Waals surface area contributed by atoms with E-state index in [1.807, 2.05) is 13.0 Å². The quantitative estimate of drug-likeness (QED) is 0.565. The summed E-state index contributed by atoms with van der Waals surface area (Å²) in [6.45, 7) is 4.10. The minimum atomic E-state index is 1.03. The first-order valence-electron chi connectivity index (χ1n) is 3.22. The predicted molar refractivity (Wildman–Crippen MR) is 43.6 cm³/mol. The maximum atomic E-state index is 5.45.